The summed E-state index contributed by atoms with van der Waals surface area (Å²) < 4.78 is 30.3. The Morgan fingerprint density at radius 2 is 1.70 bits per heavy atom. The van der Waals surface area contributed by atoms with E-state index in [4.69, 9.17) is 0 Å². The van der Waals surface area contributed by atoms with Gasteiger partial charge in [0.05, 0.1) is 11.1 Å². The van der Waals surface area contributed by atoms with E-state index in [-0.39, 0.29) is 6.54 Å². The SMILES string of the molecule is CCn1cc(CN(Cc2ccccc2)S(=O)(=O)c2cc(C)ccc2C)cn1. The highest BCUT2D eigenvalue weighted by Gasteiger charge is 2.27. The molecular formula is C21H25N3O2S. The Hall–Kier alpha value is -2.44. The molecule has 5 nitrogen and oxygen atoms in total. The van der Waals surface area contributed by atoms with Gasteiger partial charge < -0.3 is 0 Å². The lowest BCUT2D eigenvalue weighted by Gasteiger charge is -2.23. The molecule has 0 aliphatic rings. The third-order valence-electron chi connectivity index (χ3n) is 4.53. The molecule has 0 saturated carbocycles. The van der Waals surface area contributed by atoms with Gasteiger partial charge in [-0.25, -0.2) is 8.42 Å². The molecule has 2 aromatic carbocycles. The van der Waals surface area contributed by atoms with Gasteiger partial charge in [0.25, 0.3) is 0 Å². The second-order valence-electron chi connectivity index (χ2n) is 6.73. The molecule has 3 aromatic rings. The van der Waals surface area contributed by atoms with Crippen molar-refractivity contribution < 1.29 is 8.42 Å². The van der Waals surface area contributed by atoms with Gasteiger partial charge >= 0.3 is 0 Å². The molecule has 1 aromatic heterocycles. The molecule has 0 fully saturated rings. The second-order valence-corrected chi connectivity index (χ2v) is 8.64. The number of aromatic nitrogens is 2. The first-order valence-corrected chi connectivity index (χ1v) is 10.5. The molecule has 3 rings (SSSR count). The fourth-order valence-corrected chi connectivity index (χ4v) is 4.73. The average Bonchev–Trinajstić information content (AvgIpc) is 3.11. The quantitative estimate of drug-likeness (QED) is 0.621. The zero-order valence-corrected chi connectivity index (χ0v) is 16.8. The van der Waals surface area contributed by atoms with Gasteiger partial charge in [-0.1, -0.05) is 42.5 Å². The Morgan fingerprint density at radius 3 is 2.37 bits per heavy atom. The first kappa shape index (κ1) is 19.3. The lowest BCUT2D eigenvalue weighted by atomic mass is 10.2. The van der Waals surface area contributed by atoms with Crippen LogP contribution < -0.4 is 0 Å². The number of aryl methyl sites for hydroxylation is 3. The zero-order chi connectivity index (χ0) is 19.4. The highest BCUT2D eigenvalue weighted by atomic mass is 32.2. The molecule has 1 heterocycles. The van der Waals surface area contributed by atoms with Crippen molar-refractivity contribution >= 4 is 10.0 Å². The van der Waals surface area contributed by atoms with Crippen LogP contribution in [0.15, 0.2) is 65.8 Å². The van der Waals surface area contributed by atoms with Crippen molar-refractivity contribution in [3.05, 3.63) is 83.2 Å². The first-order valence-electron chi connectivity index (χ1n) is 9.03. The molecule has 0 N–H and O–H groups in total. The molecule has 0 radical (unpaired) electrons. The molecule has 27 heavy (non-hydrogen) atoms. The normalized spacial score (nSPS) is 11.9. The minimum absolute atomic E-state index is 0.282. The number of hydrogen-bond acceptors (Lipinski definition) is 3. The van der Waals surface area contributed by atoms with E-state index < -0.39 is 10.0 Å². The van der Waals surface area contributed by atoms with E-state index in [1.165, 1.54) is 4.31 Å². The van der Waals surface area contributed by atoms with Gasteiger partial charge in [-0.05, 0) is 43.5 Å². The zero-order valence-electron chi connectivity index (χ0n) is 16.0. The number of rotatable bonds is 7. The number of sulfonamides is 1. The summed E-state index contributed by atoms with van der Waals surface area (Å²) in [6.45, 7) is 7.10. The Bertz CT molecular complexity index is 1010. The van der Waals surface area contributed by atoms with Gasteiger partial charge in [-0.2, -0.15) is 9.40 Å². The summed E-state index contributed by atoms with van der Waals surface area (Å²) in [4.78, 5) is 0.362. The fourth-order valence-electron chi connectivity index (χ4n) is 3.00. The predicted molar refractivity (Wildman–Crippen MR) is 107 cm³/mol. The van der Waals surface area contributed by atoms with Crippen LogP contribution in [0.25, 0.3) is 0 Å². The Kier molecular flexibility index (Phi) is 5.77. The topological polar surface area (TPSA) is 55.2 Å². The standard InChI is InChI=1S/C21H25N3O2S/c1-4-23-14-20(13-22-23)16-24(15-19-8-6-5-7-9-19)27(25,26)21-12-17(2)10-11-18(21)3/h5-14H,4,15-16H2,1-3H3. The van der Waals surface area contributed by atoms with Crippen LogP contribution in [0.2, 0.25) is 0 Å². The minimum Gasteiger partial charge on any atom is -0.273 e. The van der Waals surface area contributed by atoms with Crippen LogP contribution in [-0.4, -0.2) is 22.5 Å². The van der Waals surface area contributed by atoms with Crippen molar-refractivity contribution in [3.63, 3.8) is 0 Å². The molecule has 6 heteroatoms. The van der Waals surface area contributed by atoms with Crippen LogP contribution in [0.3, 0.4) is 0 Å². The fraction of sp³-hybridized carbons (Fsp3) is 0.286. The highest BCUT2D eigenvalue weighted by Crippen LogP contribution is 2.24. The summed E-state index contributed by atoms with van der Waals surface area (Å²) >= 11 is 0. The van der Waals surface area contributed by atoms with Crippen molar-refractivity contribution in [2.45, 2.75) is 45.3 Å². The molecule has 0 unspecified atom stereocenters. The van der Waals surface area contributed by atoms with Gasteiger partial charge in [0.2, 0.25) is 10.0 Å². The Morgan fingerprint density at radius 1 is 1.00 bits per heavy atom. The average molecular weight is 384 g/mol. The summed E-state index contributed by atoms with van der Waals surface area (Å²) in [5.74, 6) is 0. The lowest BCUT2D eigenvalue weighted by Crippen LogP contribution is -2.30. The van der Waals surface area contributed by atoms with Crippen molar-refractivity contribution in [1.29, 1.82) is 0 Å². The summed E-state index contributed by atoms with van der Waals surface area (Å²) in [6, 6.07) is 15.2. The molecule has 0 aliphatic carbocycles. The third kappa shape index (κ3) is 4.46. The maximum Gasteiger partial charge on any atom is 0.243 e. The Labute approximate surface area is 161 Å². The van der Waals surface area contributed by atoms with Gasteiger partial charge in [0.15, 0.2) is 0 Å². The Balaban J connectivity index is 2.00. The first-order chi connectivity index (χ1) is 12.9. The molecule has 0 amide bonds. The molecule has 0 aliphatic heterocycles. The summed E-state index contributed by atoms with van der Waals surface area (Å²) in [6.07, 6.45) is 3.64. The van der Waals surface area contributed by atoms with Crippen LogP contribution in [-0.2, 0) is 29.7 Å². The highest BCUT2D eigenvalue weighted by molar-refractivity contribution is 7.89. The molecule has 0 spiro atoms. The van der Waals surface area contributed by atoms with E-state index in [1.807, 2.05) is 69.4 Å². The maximum absolute atomic E-state index is 13.5. The smallest absolute Gasteiger partial charge is 0.243 e. The van der Waals surface area contributed by atoms with Crippen LogP contribution in [0.5, 0.6) is 0 Å². The van der Waals surface area contributed by atoms with Crippen molar-refractivity contribution in [1.82, 2.24) is 14.1 Å². The molecule has 142 valence electrons. The molecular weight excluding hydrogens is 358 g/mol. The van der Waals surface area contributed by atoms with Crippen molar-refractivity contribution in [3.8, 4) is 0 Å². The minimum atomic E-state index is -3.65. The predicted octanol–water partition coefficient (Wildman–Crippen LogP) is 3.91. The maximum atomic E-state index is 13.5. The van der Waals surface area contributed by atoms with E-state index in [9.17, 15) is 8.42 Å². The van der Waals surface area contributed by atoms with Gasteiger partial charge in [-0.15, -0.1) is 0 Å². The molecule has 0 saturated heterocycles. The van der Waals surface area contributed by atoms with Crippen LogP contribution in [0.4, 0.5) is 0 Å². The monoisotopic (exact) mass is 383 g/mol. The number of benzene rings is 2. The van der Waals surface area contributed by atoms with Crippen LogP contribution >= 0.6 is 0 Å². The van der Waals surface area contributed by atoms with Crippen LogP contribution in [0.1, 0.15) is 29.2 Å². The largest absolute Gasteiger partial charge is 0.273 e. The number of nitrogens with zero attached hydrogens (tertiary/aromatic N) is 3. The van der Waals surface area contributed by atoms with E-state index in [0.717, 1.165) is 28.8 Å². The molecule has 0 bridgehead atoms. The van der Waals surface area contributed by atoms with Gasteiger partial charge in [0, 0.05) is 31.4 Å². The van der Waals surface area contributed by atoms with Gasteiger partial charge in [0.1, 0.15) is 0 Å². The third-order valence-corrected chi connectivity index (χ3v) is 6.47. The lowest BCUT2D eigenvalue weighted by molar-refractivity contribution is 0.400. The summed E-state index contributed by atoms with van der Waals surface area (Å²) in [7, 11) is -3.65. The van der Waals surface area contributed by atoms with E-state index in [2.05, 4.69) is 5.10 Å². The number of hydrogen-bond donors (Lipinski definition) is 0. The van der Waals surface area contributed by atoms with E-state index >= 15 is 0 Å². The van der Waals surface area contributed by atoms with Crippen molar-refractivity contribution in [2.75, 3.05) is 0 Å². The summed E-state index contributed by atoms with van der Waals surface area (Å²) in [5, 5.41) is 4.28. The van der Waals surface area contributed by atoms with Gasteiger partial charge in [-0.3, -0.25) is 4.68 Å². The van der Waals surface area contributed by atoms with Crippen LogP contribution in [0, 0.1) is 13.8 Å². The summed E-state index contributed by atoms with van der Waals surface area (Å²) in [5.41, 5.74) is 3.51. The second kappa shape index (κ2) is 8.06. The van der Waals surface area contributed by atoms with E-state index in [1.54, 1.807) is 16.9 Å². The van der Waals surface area contributed by atoms with Crippen molar-refractivity contribution in [2.24, 2.45) is 0 Å². The molecule has 0 atom stereocenters. The van der Waals surface area contributed by atoms with E-state index in [0.29, 0.717) is 11.4 Å².